The molecule has 132 valence electrons. The fourth-order valence-corrected chi connectivity index (χ4v) is 3.17. The van der Waals surface area contributed by atoms with Crippen molar-refractivity contribution in [3.63, 3.8) is 0 Å². The molecule has 1 amide bonds. The molecule has 2 heterocycles. The van der Waals surface area contributed by atoms with Gasteiger partial charge in [0.05, 0.1) is 20.2 Å². The maximum atomic E-state index is 12.7. The molecule has 26 heavy (non-hydrogen) atoms. The molecule has 0 fully saturated rings. The second-order valence-corrected chi connectivity index (χ2v) is 6.80. The number of benzene rings is 2. The first-order valence-corrected chi connectivity index (χ1v) is 8.75. The van der Waals surface area contributed by atoms with E-state index < -0.39 is 11.7 Å². The molecule has 0 unspecified atom stereocenters. The van der Waals surface area contributed by atoms with Gasteiger partial charge in [0.25, 0.3) is 0 Å². The van der Waals surface area contributed by atoms with Crippen LogP contribution in [0.25, 0.3) is 0 Å². The number of fused-ring (bicyclic) bond motifs is 1. The van der Waals surface area contributed by atoms with Gasteiger partial charge in [-0.3, -0.25) is 4.90 Å². The van der Waals surface area contributed by atoms with Gasteiger partial charge >= 0.3 is 11.7 Å². The standard InChI is InChI=1S/C18H15BrN4O3/c1-26-15-8-6-14(7-9-15)21-11-16-20-22(18(25)23(16)17(21)24)10-12-2-4-13(19)5-3-12/h2-9H,10-11H2,1H3. The van der Waals surface area contributed by atoms with E-state index >= 15 is 0 Å². The van der Waals surface area contributed by atoms with E-state index in [1.807, 2.05) is 24.3 Å². The number of hydrogen-bond donors (Lipinski definition) is 0. The molecule has 1 aliphatic heterocycles. The summed E-state index contributed by atoms with van der Waals surface area (Å²) in [5.41, 5.74) is 1.20. The lowest BCUT2D eigenvalue weighted by Gasteiger charge is -2.15. The van der Waals surface area contributed by atoms with Gasteiger partial charge in [-0.25, -0.2) is 14.3 Å². The molecule has 2 aromatic carbocycles. The Labute approximate surface area is 157 Å². The Kier molecular flexibility index (Phi) is 4.12. The molecular formula is C18H15BrN4O3. The van der Waals surface area contributed by atoms with Gasteiger partial charge in [0.15, 0.2) is 5.82 Å². The summed E-state index contributed by atoms with van der Waals surface area (Å²) in [7, 11) is 1.58. The van der Waals surface area contributed by atoms with Gasteiger partial charge in [-0.1, -0.05) is 28.1 Å². The van der Waals surface area contributed by atoms with Crippen LogP contribution in [0.2, 0.25) is 0 Å². The van der Waals surface area contributed by atoms with Crippen molar-refractivity contribution in [3.05, 3.63) is 74.9 Å². The Morgan fingerprint density at radius 3 is 2.38 bits per heavy atom. The fraction of sp³-hybridized carbons (Fsp3) is 0.167. The molecule has 0 spiro atoms. The van der Waals surface area contributed by atoms with E-state index in [0.29, 0.717) is 23.8 Å². The molecule has 4 rings (SSSR count). The normalized spacial score (nSPS) is 13.2. The number of nitrogens with zero attached hydrogens (tertiary/aromatic N) is 4. The molecule has 1 aromatic heterocycles. The van der Waals surface area contributed by atoms with Gasteiger partial charge in [-0.2, -0.15) is 9.67 Å². The molecule has 0 atom stereocenters. The SMILES string of the molecule is COc1ccc(N2Cc3nn(Cc4ccc(Br)cc4)c(=O)n3C2=O)cc1. The average Bonchev–Trinajstić information content (AvgIpc) is 3.14. The second kappa shape index (κ2) is 6.45. The quantitative estimate of drug-likeness (QED) is 0.657. The zero-order valence-corrected chi connectivity index (χ0v) is 15.5. The number of carbonyl (C=O) groups excluding carboxylic acids is 1. The number of halogens is 1. The average molecular weight is 415 g/mol. The van der Waals surface area contributed by atoms with Gasteiger partial charge in [-0.05, 0) is 42.0 Å². The molecule has 0 bridgehead atoms. The van der Waals surface area contributed by atoms with Gasteiger partial charge in [0.1, 0.15) is 5.75 Å². The Morgan fingerprint density at radius 2 is 1.77 bits per heavy atom. The van der Waals surface area contributed by atoms with E-state index in [-0.39, 0.29) is 6.54 Å². The molecule has 0 N–H and O–H groups in total. The van der Waals surface area contributed by atoms with Crippen LogP contribution in [0.4, 0.5) is 10.5 Å². The van der Waals surface area contributed by atoms with E-state index in [9.17, 15) is 9.59 Å². The fourth-order valence-electron chi connectivity index (χ4n) is 2.91. The van der Waals surface area contributed by atoms with Crippen molar-refractivity contribution in [2.45, 2.75) is 13.1 Å². The summed E-state index contributed by atoms with van der Waals surface area (Å²) < 4.78 is 8.54. The number of rotatable bonds is 4. The molecular weight excluding hydrogens is 400 g/mol. The smallest absolute Gasteiger partial charge is 0.354 e. The highest BCUT2D eigenvalue weighted by molar-refractivity contribution is 9.10. The first-order chi connectivity index (χ1) is 12.6. The summed E-state index contributed by atoms with van der Waals surface area (Å²) in [5, 5.41) is 4.34. The number of amides is 1. The lowest BCUT2D eigenvalue weighted by Crippen LogP contribution is -2.34. The third kappa shape index (κ3) is 2.82. The van der Waals surface area contributed by atoms with Crippen molar-refractivity contribution in [2.24, 2.45) is 0 Å². The number of methoxy groups -OCH3 is 1. The molecule has 0 saturated carbocycles. The summed E-state index contributed by atoms with van der Waals surface area (Å²) in [6.45, 7) is 0.579. The highest BCUT2D eigenvalue weighted by atomic mass is 79.9. The monoisotopic (exact) mass is 414 g/mol. The molecule has 0 aliphatic carbocycles. The summed E-state index contributed by atoms with van der Waals surface area (Å²) in [6, 6.07) is 14.3. The van der Waals surface area contributed by atoms with Gasteiger partial charge in [-0.15, -0.1) is 0 Å². The lowest BCUT2D eigenvalue weighted by atomic mass is 10.2. The number of ether oxygens (including phenoxy) is 1. The number of carbonyl (C=O) groups is 1. The summed E-state index contributed by atoms with van der Waals surface area (Å²) in [4.78, 5) is 26.8. The maximum absolute atomic E-state index is 12.7. The molecule has 1 aliphatic rings. The third-order valence-electron chi connectivity index (χ3n) is 4.26. The Balaban J connectivity index is 1.60. The van der Waals surface area contributed by atoms with Crippen LogP contribution in [-0.4, -0.2) is 27.5 Å². The predicted octanol–water partition coefficient (Wildman–Crippen LogP) is 2.85. The Hall–Kier alpha value is -2.87. The summed E-state index contributed by atoms with van der Waals surface area (Å²) in [6.07, 6.45) is 0. The van der Waals surface area contributed by atoms with Gasteiger partial charge in [0.2, 0.25) is 0 Å². The van der Waals surface area contributed by atoms with Crippen molar-refractivity contribution in [3.8, 4) is 5.75 Å². The van der Waals surface area contributed by atoms with Crippen molar-refractivity contribution in [2.75, 3.05) is 12.0 Å². The number of anilines is 1. The van der Waals surface area contributed by atoms with E-state index in [1.54, 1.807) is 31.4 Å². The van der Waals surface area contributed by atoms with Crippen LogP contribution in [0, 0.1) is 0 Å². The first-order valence-electron chi connectivity index (χ1n) is 7.96. The largest absolute Gasteiger partial charge is 0.497 e. The molecule has 7 nitrogen and oxygen atoms in total. The minimum atomic E-state index is -0.427. The van der Waals surface area contributed by atoms with Crippen LogP contribution >= 0.6 is 15.9 Å². The van der Waals surface area contributed by atoms with Crippen LogP contribution in [0.1, 0.15) is 11.4 Å². The first kappa shape index (κ1) is 16.6. The van der Waals surface area contributed by atoms with E-state index in [2.05, 4.69) is 21.0 Å². The zero-order chi connectivity index (χ0) is 18.3. The van der Waals surface area contributed by atoms with Crippen molar-refractivity contribution in [1.29, 1.82) is 0 Å². The van der Waals surface area contributed by atoms with Crippen LogP contribution in [0.5, 0.6) is 5.75 Å². The molecule has 0 saturated heterocycles. The number of hydrogen-bond acceptors (Lipinski definition) is 4. The van der Waals surface area contributed by atoms with Crippen LogP contribution in [-0.2, 0) is 13.1 Å². The lowest BCUT2D eigenvalue weighted by molar-refractivity contribution is 0.250. The van der Waals surface area contributed by atoms with Gasteiger partial charge < -0.3 is 4.74 Å². The van der Waals surface area contributed by atoms with Crippen LogP contribution in [0.3, 0.4) is 0 Å². The van der Waals surface area contributed by atoms with Gasteiger partial charge in [0, 0.05) is 10.2 Å². The van der Waals surface area contributed by atoms with E-state index in [0.717, 1.165) is 14.6 Å². The molecule has 3 aromatic rings. The van der Waals surface area contributed by atoms with Crippen molar-refractivity contribution < 1.29 is 9.53 Å². The van der Waals surface area contributed by atoms with E-state index in [4.69, 9.17) is 4.74 Å². The zero-order valence-electron chi connectivity index (χ0n) is 13.9. The number of aromatic nitrogens is 3. The minimum Gasteiger partial charge on any atom is -0.497 e. The van der Waals surface area contributed by atoms with E-state index in [1.165, 1.54) is 9.58 Å². The summed E-state index contributed by atoms with van der Waals surface area (Å²) in [5.74, 6) is 1.14. The molecule has 0 radical (unpaired) electrons. The molecule has 8 heteroatoms. The highest BCUT2D eigenvalue weighted by Crippen LogP contribution is 2.24. The summed E-state index contributed by atoms with van der Waals surface area (Å²) >= 11 is 3.38. The van der Waals surface area contributed by atoms with Crippen molar-refractivity contribution >= 4 is 27.6 Å². The third-order valence-corrected chi connectivity index (χ3v) is 4.79. The maximum Gasteiger partial charge on any atom is 0.354 e. The Bertz CT molecular complexity index is 1020. The van der Waals surface area contributed by atoms with Crippen LogP contribution < -0.4 is 15.3 Å². The Morgan fingerprint density at radius 1 is 1.08 bits per heavy atom. The van der Waals surface area contributed by atoms with Crippen molar-refractivity contribution in [1.82, 2.24) is 14.3 Å². The topological polar surface area (TPSA) is 69.4 Å². The second-order valence-electron chi connectivity index (χ2n) is 5.89. The minimum absolute atomic E-state index is 0.258. The predicted molar refractivity (Wildman–Crippen MR) is 99.7 cm³/mol. The van der Waals surface area contributed by atoms with Crippen LogP contribution in [0.15, 0.2) is 57.8 Å². The highest BCUT2D eigenvalue weighted by Gasteiger charge is 2.33.